The molecule has 0 atom stereocenters. The molecule has 0 aromatic carbocycles. The van der Waals surface area contributed by atoms with Gasteiger partial charge in [0.2, 0.25) is 0 Å². The lowest BCUT2D eigenvalue weighted by molar-refractivity contribution is -0.131. The molecule has 0 unspecified atom stereocenters. The number of rotatable bonds is 2. The highest BCUT2D eigenvalue weighted by Crippen LogP contribution is 2.15. The van der Waals surface area contributed by atoms with Gasteiger partial charge in [0.25, 0.3) is 0 Å². The monoisotopic (exact) mass is 220 g/mol. The smallest absolute Gasteiger partial charge is 0.328 e. The third kappa shape index (κ3) is 1.67. The molecule has 0 amide bonds. The Morgan fingerprint density at radius 3 is 3.06 bits per heavy atom. The summed E-state index contributed by atoms with van der Waals surface area (Å²) >= 11 is 0. The van der Waals surface area contributed by atoms with Crippen molar-refractivity contribution in [1.82, 2.24) is 9.38 Å². The van der Waals surface area contributed by atoms with Crippen molar-refractivity contribution in [2.75, 3.05) is 0 Å². The van der Waals surface area contributed by atoms with Gasteiger partial charge in [0.05, 0.1) is 11.4 Å². The van der Waals surface area contributed by atoms with Crippen LogP contribution in [0.2, 0.25) is 0 Å². The van der Waals surface area contributed by atoms with Gasteiger partial charge < -0.3 is 5.11 Å². The number of carboxylic acids is 1. The maximum absolute atomic E-state index is 13.4. The number of imidazole rings is 1. The van der Waals surface area contributed by atoms with Gasteiger partial charge in [0, 0.05) is 12.3 Å². The van der Waals surface area contributed by atoms with Crippen LogP contribution in [0.25, 0.3) is 11.7 Å². The molecule has 0 radical (unpaired) electrons. The number of nitrogens with zero attached hydrogens (tertiary/aromatic N) is 2. The molecule has 0 aliphatic heterocycles. The van der Waals surface area contributed by atoms with E-state index in [4.69, 9.17) is 5.11 Å². The van der Waals surface area contributed by atoms with E-state index in [0.717, 1.165) is 6.08 Å². The van der Waals surface area contributed by atoms with Crippen LogP contribution in [0.15, 0.2) is 24.4 Å². The molecule has 5 heteroatoms. The molecule has 2 rings (SSSR count). The van der Waals surface area contributed by atoms with E-state index in [-0.39, 0.29) is 5.65 Å². The van der Waals surface area contributed by atoms with Crippen molar-refractivity contribution >= 4 is 17.7 Å². The SMILES string of the molecule is Cc1nc2c(F)cccn2c1/C=C/C(=O)O. The van der Waals surface area contributed by atoms with Crippen molar-refractivity contribution in [1.29, 1.82) is 0 Å². The molecular formula is C11H9FN2O2. The zero-order chi connectivity index (χ0) is 11.7. The Labute approximate surface area is 90.7 Å². The molecule has 0 saturated heterocycles. The number of aryl methyl sites for hydroxylation is 1. The zero-order valence-corrected chi connectivity index (χ0v) is 8.51. The van der Waals surface area contributed by atoms with E-state index in [9.17, 15) is 9.18 Å². The van der Waals surface area contributed by atoms with Crippen molar-refractivity contribution in [3.05, 3.63) is 41.6 Å². The van der Waals surface area contributed by atoms with E-state index in [2.05, 4.69) is 4.98 Å². The third-order valence-corrected chi connectivity index (χ3v) is 2.21. The second kappa shape index (κ2) is 3.77. The van der Waals surface area contributed by atoms with Gasteiger partial charge >= 0.3 is 5.97 Å². The minimum Gasteiger partial charge on any atom is -0.478 e. The number of hydrogen-bond donors (Lipinski definition) is 1. The fraction of sp³-hybridized carbons (Fsp3) is 0.0909. The van der Waals surface area contributed by atoms with Crippen LogP contribution in [-0.4, -0.2) is 20.5 Å². The Morgan fingerprint density at radius 1 is 1.62 bits per heavy atom. The molecule has 2 aromatic heterocycles. The molecule has 1 N–H and O–H groups in total. The highest BCUT2D eigenvalue weighted by molar-refractivity contribution is 5.85. The largest absolute Gasteiger partial charge is 0.478 e. The molecular weight excluding hydrogens is 211 g/mol. The predicted octanol–water partition coefficient (Wildman–Crippen LogP) is 1.88. The van der Waals surface area contributed by atoms with Gasteiger partial charge in [0.15, 0.2) is 11.5 Å². The molecule has 0 fully saturated rings. The normalized spacial score (nSPS) is 11.4. The minimum atomic E-state index is -1.05. The van der Waals surface area contributed by atoms with E-state index >= 15 is 0 Å². The molecule has 16 heavy (non-hydrogen) atoms. The van der Waals surface area contributed by atoms with E-state index in [1.54, 1.807) is 19.2 Å². The lowest BCUT2D eigenvalue weighted by Crippen LogP contribution is -1.91. The molecule has 4 nitrogen and oxygen atoms in total. The van der Waals surface area contributed by atoms with Crippen molar-refractivity contribution in [3.63, 3.8) is 0 Å². The van der Waals surface area contributed by atoms with Crippen LogP contribution >= 0.6 is 0 Å². The lowest BCUT2D eigenvalue weighted by atomic mass is 10.3. The van der Waals surface area contributed by atoms with Crippen molar-refractivity contribution in [2.45, 2.75) is 6.92 Å². The quantitative estimate of drug-likeness (QED) is 0.786. The fourth-order valence-electron chi connectivity index (χ4n) is 1.52. The Morgan fingerprint density at radius 2 is 2.38 bits per heavy atom. The Bertz CT molecular complexity index is 587. The van der Waals surface area contributed by atoms with Gasteiger partial charge in [-0.25, -0.2) is 14.2 Å². The average molecular weight is 220 g/mol. The molecule has 0 aliphatic carbocycles. The minimum absolute atomic E-state index is 0.199. The Balaban J connectivity index is 2.65. The zero-order valence-electron chi connectivity index (χ0n) is 8.51. The van der Waals surface area contributed by atoms with Crippen LogP contribution in [0.1, 0.15) is 11.4 Å². The highest BCUT2D eigenvalue weighted by Gasteiger charge is 2.09. The second-order valence-corrected chi connectivity index (χ2v) is 3.30. The van der Waals surface area contributed by atoms with Crippen LogP contribution in [0, 0.1) is 12.7 Å². The van der Waals surface area contributed by atoms with Crippen LogP contribution < -0.4 is 0 Å². The highest BCUT2D eigenvalue weighted by atomic mass is 19.1. The summed E-state index contributed by atoms with van der Waals surface area (Å²) in [7, 11) is 0. The first-order chi connectivity index (χ1) is 7.59. The number of halogens is 1. The van der Waals surface area contributed by atoms with Crippen LogP contribution in [-0.2, 0) is 4.79 Å². The number of aliphatic carboxylic acids is 1. The number of hydrogen-bond acceptors (Lipinski definition) is 2. The van der Waals surface area contributed by atoms with Crippen LogP contribution in [0.4, 0.5) is 4.39 Å². The average Bonchev–Trinajstić information content (AvgIpc) is 2.53. The molecule has 0 saturated carbocycles. The summed E-state index contributed by atoms with van der Waals surface area (Å²) < 4.78 is 14.9. The van der Waals surface area contributed by atoms with Crippen molar-refractivity contribution in [3.8, 4) is 0 Å². The summed E-state index contributed by atoms with van der Waals surface area (Å²) in [6.45, 7) is 1.70. The first-order valence-corrected chi connectivity index (χ1v) is 4.64. The maximum atomic E-state index is 13.4. The molecule has 0 aliphatic rings. The summed E-state index contributed by atoms with van der Waals surface area (Å²) in [6, 6.07) is 2.86. The predicted molar refractivity (Wildman–Crippen MR) is 56.6 cm³/mol. The van der Waals surface area contributed by atoms with Gasteiger partial charge in [-0.2, -0.15) is 0 Å². The lowest BCUT2D eigenvalue weighted by Gasteiger charge is -1.96. The summed E-state index contributed by atoms with van der Waals surface area (Å²) in [5, 5.41) is 8.54. The summed E-state index contributed by atoms with van der Waals surface area (Å²) in [4.78, 5) is 14.5. The van der Waals surface area contributed by atoms with Gasteiger partial charge in [-0.3, -0.25) is 4.40 Å². The molecule has 2 heterocycles. The van der Waals surface area contributed by atoms with Gasteiger partial charge in [-0.1, -0.05) is 0 Å². The summed E-state index contributed by atoms with van der Waals surface area (Å²) in [5.74, 6) is -1.48. The molecule has 82 valence electrons. The molecule has 2 aromatic rings. The first-order valence-electron chi connectivity index (χ1n) is 4.64. The van der Waals surface area contributed by atoms with E-state index in [1.165, 1.54) is 16.5 Å². The number of pyridine rings is 1. The number of aromatic nitrogens is 2. The van der Waals surface area contributed by atoms with E-state index in [0.29, 0.717) is 11.4 Å². The Hall–Kier alpha value is -2.17. The van der Waals surface area contributed by atoms with Crippen molar-refractivity contribution < 1.29 is 14.3 Å². The maximum Gasteiger partial charge on any atom is 0.328 e. The molecule has 0 bridgehead atoms. The topological polar surface area (TPSA) is 54.6 Å². The summed E-state index contributed by atoms with van der Waals surface area (Å²) in [6.07, 6.45) is 4.04. The second-order valence-electron chi connectivity index (χ2n) is 3.30. The third-order valence-electron chi connectivity index (χ3n) is 2.21. The van der Waals surface area contributed by atoms with Gasteiger partial charge in [-0.05, 0) is 25.1 Å². The first kappa shape index (κ1) is 10.4. The van der Waals surface area contributed by atoms with E-state index < -0.39 is 11.8 Å². The fourth-order valence-corrected chi connectivity index (χ4v) is 1.52. The van der Waals surface area contributed by atoms with Crippen molar-refractivity contribution in [2.24, 2.45) is 0 Å². The van der Waals surface area contributed by atoms with E-state index in [1.807, 2.05) is 0 Å². The Kier molecular flexibility index (Phi) is 2.44. The number of fused-ring (bicyclic) bond motifs is 1. The van der Waals surface area contributed by atoms with Gasteiger partial charge in [0.1, 0.15) is 0 Å². The number of carboxylic acid groups (broad SMARTS) is 1. The van der Waals surface area contributed by atoms with Crippen LogP contribution in [0.3, 0.4) is 0 Å². The van der Waals surface area contributed by atoms with Crippen LogP contribution in [0.5, 0.6) is 0 Å². The molecule has 0 spiro atoms. The summed E-state index contributed by atoms with van der Waals surface area (Å²) in [5.41, 5.74) is 1.35. The van der Waals surface area contributed by atoms with Gasteiger partial charge in [-0.15, -0.1) is 0 Å². The number of carbonyl (C=O) groups is 1. The standard InChI is InChI=1S/C11H9FN2O2/c1-7-9(4-5-10(15)16)14-6-2-3-8(12)11(14)13-7/h2-6H,1H3,(H,15,16)/b5-4+.